The predicted molar refractivity (Wildman–Crippen MR) is 69.4 cm³/mol. The van der Waals surface area contributed by atoms with Gasteiger partial charge in [-0.15, -0.1) is 0 Å². The predicted octanol–water partition coefficient (Wildman–Crippen LogP) is 1.93. The highest BCUT2D eigenvalue weighted by atomic mass is 16.5. The fourth-order valence-electron chi connectivity index (χ4n) is 1.51. The van der Waals surface area contributed by atoms with Gasteiger partial charge in [0.1, 0.15) is 0 Å². The lowest BCUT2D eigenvalue weighted by atomic mass is 10.1. The molecule has 1 N–H and O–H groups in total. The van der Waals surface area contributed by atoms with Gasteiger partial charge in [0.05, 0.1) is 13.0 Å². The van der Waals surface area contributed by atoms with Gasteiger partial charge in [0.15, 0.2) is 0 Å². The van der Waals surface area contributed by atoms with Crippen molar-refractivity contribution < 1.29 is 14.3 Å². The summed E-state index contributed by atoms with van der Waals surface area (Å²) in [4.78, 5) is 22.8. The molecule has 0 saturated carbocycles. The topological polar surface area (TPSA) is 55.4 Å². The van der Waals surface area contributed by atoms with Crippen LogP contribution < -0.4 is 5.32 Å². The van der Waals surface area contributed by atoms with E-state index in [9.17, 15) is 9.59 Å². The van der Waals surface area contributed by atoms with E-state index in [2.05, 4.69) is 12.2 Å². The third-order valence-electron chi connectivity index (χ3n) is 2.54. The average molecular weight is 249 g/mol. The molecule has 4 nitrogen and oxygen atoms in total. The highest BCUT2D eigenvalue weighted by Crippen LogP contribution is 2.04. The summed E-state index contributed by atoms with van der Waals surface area (Å²) in [6.45, 7) is 4.48. The highest BCUT2D eigenvalue weighted by Gasteiger charge is 2.06. The molecule has 98 valence electrons. The Morgan fingerprint density at radius 3 is 2.39 bits per heavy atom. The smallest absolute Gasteiger partial charge is 0.307 e. The lowest BCUT2D eigenvalue weighted by Gasteiger charge is -2.05. The zero-order chi connectivity index (χ0) is 13.4. The van der Waals surface area contributed by atoms with E-state index in [1.54, 1.807) is 19.1 Å². The molecule has 1 aromatic carbocycles. The first-order valence-corrected chi connectivity index (χ1v) is 6.20. The number of ether oxygens (including phenoxy) is 1. The van der Waals surface area contributed by atoms with E-state index in [4.69, 9.17) is 4.74 Å². The molecule has 4 heteroatoms. The zero-order valence-electron chi connectivity index (χ0n) is 10.9. The van der Waals surface area contributed by atoms with Crippen molar-refractivity contribution in [3.05, 3.63) is 35.4 Å². The fourth-order valence-corrected chi connectivity index (χ4v) is 1.51. The number of carbonyl (C=O) groups excluding carboxylic acids is 2. The number of hydrogen-bond acceptors (Lipinski definition) is 3. The summed E-state index contributed by atoms with van der Waals surface area (Å²) >= 11 is 0. The van der Waals surface area contributed by atoms with Crippen molar-refractivity contribution in [2.75, 3.05) is 13.2 Å². The molecule has 0 fully saturated rings. The molecular formula is C14H19NO3. The van der Waals surface area contributed by atoms with Crippen LogP contribution in [0.5, 0.6) is 0 Å². The Morgan fingerprint density at radius 1 is 1.17 bits per heavy atom. The van der Waals surface area contributed by atoms with Crippen molar-refractivity contribution >= 4 is 11.9 Å². The maximum absolute atomic E-state index is 11.7. The lowest BCUT2D eigenvalue weighted by molar-refractivity contribution is -0.142. The number of esters is 1. The van der Waals surface area contributed by atoms with Crippen LogP contribution in [0.4, 0.5) is 0 Å². The summed E-state index contributed by atoms with van der Waals surface area (Å²) in [5, 5.41) is 2.69. The van der Waals surface area contributed by atoms with E-state index in [0.29, 0.717) is 18.7 Å². The first-order chi connectivity index (χ1) is 8.67. The van der Waals surface area contributed by atoms with Crippen LogP contribution >= 0.6 is 0 Å². The molecule has 0 heterocycles. The molecule has 0 bridgehead atoms. The number of benzene rings is 1. The van der Waals surface area contributed by atoms with Crippen molar-refractivity contribution in [2.45, 2.75) is 26.7 Å². The second-order valence-corrected chi connectivity index (χ2v) is 3.86. The van der Waals surface area contributed by atoms with Crippen LogP contribution in [-0.4, -0.2) is 25.0 Å². The maximum atomic E-state index is 11.7. The first kappa shape index (κ1) is 14.2. The largest absolute Gasteiger partial charge is 0.466 e. The van der Waals surface area contributed by atoms with Gasteiger partial charge in [-0.25, -0.2) is 0 Å². The van der Waals surface area contributed by atoms with E-state index < -0.39 is 0 Å². The van der Waals surface area contributed by atoms with Gasteiger partial charge in [-0.05, 0) is 31.0 Å². The van der Waals surface area contributed by atoms with Gasteiger partial charge in [0, 0.05) is 12.1 Å². The van der Waals surface area contributed by atoms with Crippen LogP contribution in [-0.2, 0) is 16.0 Å². The maximum Gasteiger partial charge on any atom is 0.307 e. The molecule has 0 aliphatic rings. The van der Waals surface area contributed by atoms with Crippen molar-refractivity contribution in [2.24, 2.45) is 0 Å². The quantitative estimate of drug-likeness (QED) is 0.784. The van der Waals surface area contributed by atoms with Gasteiger partial charge in [0.25, 0.3) is 5.91 Å². The Hall–Kier alpha value is -1.84. The Kier molecular flexibility index (Phi) is 5.91. The second-order valence-electron chi connectivity index (χ2n) is 3.86. The standard InChI is InChI=1S/C14H19NO3/c1-3-11-5-7-12(8-6-11)14(17)15-10-9-13(16)18-4-2/h5-8H,3-4,9-10H2,1-2H3,(H,15,17). The minimum Gasteiger partial charge on any atom is -0.466 e. The number of hydrogen-bond donors (Lipinski definition) is 1. The number of amides is 1. The monoisotopic (exact) mass is 249 g/mol. The van der Waals surface area contributed by atoms with Crippen molar-refractivity contribution in [3.8, 4) is 0 Å². The average Bonchev–Trinajstić information content (AvgIpc) is 2.39. The Balaban J connectivity index is 2.38. The van der Waals surface area contributed by atoms with E-state index in [1.165, 1.54) is 5.56 Å². The fraction of sp³-hybridized carbons (Fsp3) is 0.429. The third kappa shape index (κ3) is 4.57. The van der Waals surface area contributed by atoms with Gasteiger partial charge in [-0.3, -0.25) is 9.59 Å². The van der Waals surface area contributed by atoms with Crippen molar-refractivity contribution in [3.63, 3.8) is 0 Å². The molecule has 0 saturated heterocycles. The summed E-state index contributed by atoms with van der Waals surface area (Å²) < 4.78 is 4.77. The molecule has 0 atom stereocenters. The molecule has 0 radical (unpaired) electrons. The van der Waals surface area contributed by atoms with E-state index in [0.717, 1.165) is 6.42 Å². The molecule has 0 aliphatic heterocycles. The van der Waals surface area contributed by atoms with Gasteiger partial charge >= 0.3 is 5.97 Å². The minimum absolute atomic E-state index is 0.165. The van der Waals surface area contributed by atoms with Crippen LogP contribution in [0.15, 0.2) is 24.3 Å². The Labute approximate surface area is 107 Å². The first-order valence-electron chi connectivity index (χ1n) is 6.20. The third-order valence-corrected chi connectivity index (χ3v) is 2.54. The van der Waals surface area contributed by atoms with Crippen LogP contribution in [0.25, 0.3) is 0 Å². The lowest BCUT2D eigenvalue weighted by Crippen LogP contribution is -2.26. The molecule has 1 amide bonds. The SMILES string of the molecule is CCOC(=O)CCNC(=O)c1ccc(CC)cc1. The Morgan fingerprint density at radius 2 is 1.83 bits per heavy atom. The Bertz CT molecular complexity index is 398. The number of aryl methyl sites for hydroxylation is 1. The van der Waals surface area contributed by atoms with Crippen molar-refractivity contribution in [1.29, 1.82) is 0 Å². The van der Waals surface area contributed by atoms with Gasteiger partial charge < -0.3 is 10.1 Å². The molecule has 0 spiro atoms. The molecular weight excluding hydrogens is 230 g/mol. The highest BCUT2D eigenvalue weighted by molar-refractivity contribution is 5.94. The molecule has 0 aliphatic carbocycles. The van der Waals surface area contributed by atoms with E-state index in [-0.39, 0.29) is 18.3 Å². The van der Waals surface area contributed by atoms with E-state index >= 15 is 0 Å². The molecule has 1 rings (SSSR count). The second kappa shape index (κ2) is 7.48. The van der Waals surface area contributed by atoms with Crippen molar-refractivity contribution in [1.82, 2.24) is 5.32 Å². The van der Waals surface area contributed by atoms with E-state index in [1.807, 2.05) is 12.1 Å². The van der Waals surface area contributed by atoms with Crippen LogP contribution in [0.2, 0.25) is 0 Å². The summed E-state index contributed by atoms with van der Waals surface area (Å²) in [6, 6.07) is 7.44. The van der Waals surface area contributed by atoms with Crippen LogP contribution in [0, 0.1) is 0 Å². The normalized spacial score (nSPS) is 9.89. The summed E-state index contributed by atoms with van der Waals surface area (Å²) in [6.07, 6.45) is 1.15. The van der Waals surface area contributed by atoms with Crippen LogP contribution in [0.1, 0.15) is 36.2 Å². The summed E-state index contributed by atoms with van der Waals surface area (Å²) in [5.74, 6) is -0.457. The summed E-state index contributed by atoms with van der Waals surface area (Å²) in [5.41, 5.74) is 1.80. The van der Waals surface area contributed by atoms with Gasteiger partial charge in [-0.1, -0.05) is 19.1 Å². The number of carbonyl (C=O) groups is 2. The molecule has 0 aromatic heterocycles. The number of nitrogens with one attached hydrogen (secondary N) is 1. The molecule has 18 heavy (non-hydrogen) atoms. The molecule has 0 unspecified atom stereocenters. The van der Waals surface area contributed by atoms with Gasteiger partial charge in [-0.2, -0.15) is 0 Å². The van der Waals surface area contributed by atoms with Crippen LogP contribution in [0.3, 0.4) is 0 Å². The zero-order valence-corrected chi connectivity index (χ0v) is 10.9. The van der Waals surface area contributed by atoms with Gasteiger partial charge in [0.2, 0.25) is 0 Å². The number of rotatable bonds is 6. The molecule has 1 aromatic rings. The minimum atomic E-state index is -0.292. The summed E-state index contributed by atoms with van der Waals surface area (Å²) in [7, 11) is 0.